The number of nitro benzene ring substituents is 1. The van der Waals surface area contributed by atoms with Gasteiger partial charge in [0.2, 0.25) is 0 Å². The maximum Gasteiger partial charge on any atom is 0.285 e. The van der Waals surface area contributed by atoms with E-state index in [0.717, 1.165) is 0 Å². The van der Waals surface area contributed by atoms with Crippen molar-refractivity contribution >= 4 is 11.4 Å². The minimum absolute atomic E-state index is 0.148. The van der Waals surface area contributed by atoms with Crippen LogP contribution >= 0.6 is 0 Å². The Morgan fingerprint density at radius 3 is 2.30 bits per heavy atom. The van der Waals surface area contributed by atoms with E-state index < -0.39 is 4.92 Å². The fourth-order valence-corrected chi connectivity index (χ4v) is 1.95. The van der Waals surface area contributed by atoms with Gasteiger partial charge in [-0.2, -0.15) is 0 Å². The quantitative estimate of drug-likeness (QED) is 0.391. The molecular formula is C16H10N2O2. The first-order valence-electron chi connectivity index (χ1n) is 5.69. The van der Waals surface area contributed by atoms with Crippen LogP contribution in [0, 0.1) is 34.8 Å². The second-order valence-corrected chi connectivity index (χ2v) is 4.05. The summed E-state index contributed by atoms with van der Waals surface area (Å²) in [6.45, 7) is 0. The first-order chi connectivity index (χ1) is 9.58. The summed E-state index contributed by atoms with van der Waals surface area (Å²) in [5.74, 6) is 4.80. The molecular weight excluding hydrogens is 252 g/mol. The van der Waals surface area contributed by atoms with Crippen LogP contribution in [0.3, 0.4) is 0 Å². The van der Waals surface area contributed by atoms with Crippen LogP contribution < -0.4 is 5.73 Å². The molecule has 0 aliphatic rings. The van der Waals surface area contributed by atoms with Crippen LogP contribution in [0.25, 0.3) is 11.1 Å². The van der Waals surface area contributed by atoms with Crippen LogP contribution in [-0.2, 0) is 0 Å². The Kier molecular flexibility index (Phi) is 3.41. The molecule has 4 heteroatoms. The van der Waals surface area contributed by atoms with Crippen molar-refractivity contribution in [1.82, 2.24) is 0 Å². The second kappa shape index (κ2) is 5.17. The Morgan fingerprint density at radius 2 is 1.70 bits per heavy atom. The molecule has 20 heavy (non-hydrogen) atoms. The van der Waals surface area contributed by atoms with Gasteiger partial charge in [-0.05, 0) is 17.7 Å². The van der Waals surface area contributed by atoms with Gasteiger partial charge < -0.3 is 5.73 Å². The van der Waals surface area contributed by atoms with Gasteiger partial charge in [-0.1, -0.05) is 30.0 Å². The van der Waals surface area contributed by atoms with Crippen molar-refractivity contribution in [3.05, 3.63) is 57.6 Å². The number of benzene rings is 2. The molecule has 0 spiro atoms. The fourth-order valence-electron chi connectivity index (χ4n) is 1.95. The fraction of sp³-hybridized carbons (Fsp3) is 0. The lowest BCUT2D eigenvalue weighted by molar-refractivity contribution is -0.385. The topological polar surface area (TPSA) is 69.2 Å². The molecule has 4 nitrogen and oxygen atoms in total. The molecule has 0 aliphatic heterocycles. The molecule has 96 valence electrons. The van der Waals surface area contributed by atoms with Crippen molar-refractivity contribution in [3.8, 4) is 35.8 Å². The van der Waals surface area contributed by atoms with Crippen molar-refractivity contribution in [2.24, 2.45) is 0 Å². The number of hydrogen-bond donors (Lipinski definition) is 1. The molecule has 0 radical (unpaired) electrons. The van der Waals surface area contributed by atoms with Crippen LogP contribution in [0.1, 0.15) is 11.1 Å². The maximum absolute atomic E-state index is 11.1. The number of nitro groups is 1. The van der Waals surface area contributed by atoms with Gasteiger partial charge in [0, 0.05) is 22.9 Å². The molecule has 0 fully saturated rings. The van der Waals surface area contributed by atoms with E-state index in [9.17, 15) is 10.1 Å². The van der Waals surface area contributed by atoms with Gasteiger partial charge in [-0.15, -0.1) is 12.8 Å². The molecule has 2 aromatic carbocycles. The van der Waals surface area contributed by atoms with Gasteiger partial charge in [0.05, 0.1) is 4.92 Å². The zero-order chi connectivity index (χ0) is 14.7. The highest BCUT2D eigenvalue weighted by Crippen LogP contribution is 2.34. The van der Waals surface area contributed by atoms with E-state index in [1.165, 1.54) is 12.1 Å². The van der Waals surface area contributed by atoms with Crippen molar-refractivity contribution < 1.29 is 4.92 Å². The zero-order valence-electron chi connectivity index (χ0n) is 10.5. The van der Waals surface area contributed by atoms with E-state index in [-0.39, 0.29) is 11.3 Å². The highest BCUT2D eigenvalue weighted by atomic mass is 16.6. The first-order valence-corrected chi connectivity index (χ1v) is 5.69. The number of nitrogens with zero attached hydrogens (tertiary/aromatic N) is 1. The van der Waals surface area contributed by atoms with E-state index in [2.05, 4.69) is 11.8 Å². The molecule has 0 saturated heterocycles. The van der Waals surface area contributed by atoms with E-state index in [0.29, 0.717) is 22.4 Å². The molecule has 2 N–H and O–H groups in total. The number of nitrogens with two attached hydrogens (primary N) is 1. The van der Waals surface area contributed by atoms with Crippen molar-refractivity contribution in [1.29, 1.82) is 0 Å². The van der Waals surface area contributed by atoms with Crippen molar-refractivity contribution in [2.75, 3.05) is 5.73 Å². The van der Waals surface area contributed by atoms with E-state index in [1.54, 1.807) is 24.3 Å². The minimum atomic E-state index is -0.531. The third-order valence-corrected chi connectivity index (χ3v) is 2.89. The highest BCUT2D eigenvalue weighted by molar-refractivity contribution is 5.84. The lowest BCUT2D eigenvalue weighted by Crippen LogP contribution is -1.98. The van der Waals surface area contributed by atoms with E-state index >= 15 is 0 Å². The second-order valence-electron chi connectivity index (χ2n) is 4.05. The Labute approximate surface area is 116 Å². The predicted octanol–water partition coefficient (Wildman–Crippen LogP) is 2.81. The van der Waals surface area contributed by atoms with Gasteiger partial charge in [-0.25, -0.2) is 0 Å². The third-order valence-electron chi connectivity index (χ3n) is 2.89. The van der Waals surface area contributed by atoms with Crippen LogP contribution in [0.15, 0.2) is 36.4 Å². The first kappa shape index (κ1) is 13.2. The minimum Gasteiger partial charge on any atom is -0.398 e. The molecule has 0 atom stereocenters. The summed E-state index contributed by atoms with van der Waals surface area (Å²) in [5.41, 5.74) is 8.05. The molecule has 0 amide bonds. The van der Waals surface area contributed by atoms with E-state index in [1.807, 2.05) is 0 Å². The summed E-state index contributed by atoms with van der Waals surface area (Å²) >= 11 is 0. The normalized spacial score (nSPS) is 9.50. The lowest BCUT2D eigenvalue weighted by atomic mass is 9.96. The highest BCUT2D eigenvalue weighted by Gasteiger charge is 2.17. The average Bonchev–Trinajstić information content (AvgIpc) is 2.46. The molecule has 2 aromatic rings. The third kappa shape index (κ3) is 2.19. The number of hydrogen-bond acceptors (Lipinski definition) is 3. The Hall–Kier alpha value is -3.24. The van der Waals surface area contributed by atoms with Crippen LogP contribution in [0.5, 0.6) is 0 Å². The zero-order valence-corrected chi connectivity index (χ0v) is 10.5. The van der Waals surface area contributed by atoms with Crippen LogP contribution in [-0.4, -0.2) is 4.92 Å². The lowest BCUT2D eigenvalue weighted by Gasteiger charge is -2.09. The monoisotopic (exact) mass is 262 g/mol. The summed E-state index contributed by atoms with van der Waals surface area (Å²) < 4.78 is 0. The summed E-state index contributed by atoms with van der Waals surface area (Å²) in [6, 6.07) is 9.87. The van der Waals surface area contributed by atoms with Crippen LogP contribution in [0.2, 0.25) is 0 Å². The largest absolute Gasteiger partial charge is 0.398 e. The van der Waals surface area contributed by atoms with Gasteiger partial charge >= 0.3 is 0 Å². The van der Waals surface area contributed by atoms with Gasteiger partial charge in [-0.3, -0.25) is 10.1 Å². The summed E-state index contributed by atoms with van der Waals surface area (Å²) in [4.78, 5) is 10.5. The smallest absolute Gasteiger partial charge is 0.285 e. The van der Waals surface area contributed by atoms with Gasteiger partial charge in [0.15, 0.2) is 0 Å². The molecule has 0 bridgehead atoms. The summed E-state index contributed by atoms with van der Waals surface area (Å²) in [5, 5.41) is 11.1. The number of rotatable bonds is 2. The standard InChI is InChI=1S/C16H10N2O2/c1-3-11-7-5-6-8-13(11)14-10-16(18(19)20)12(4-2)9-15(14)17/h1-2,5-10H,17H2. The predicted molar refractivity (Wildman–Crippen MR) is 78.8 cm³/mol. The summed E-state index contributed by atoms with van der Waals surface area (Å²) in [7, 11) is 0. The Morgan fingerprint density at radius 1 is 1.05 bits per heavy atom. The van der Waals surface area contributed by atoms with Crippen molar-refractivity contribution in [2.45, 2.75) is 0 Å². The van der Waals surface area contributed by atoms with Crippen molar-refractivity contribution in [3.63, 3.8) is 0 Å². The number of anilines is 1. The molecule has 0 aliphatic carbocycles. The average molecular weight is 262 g/mol. The Balaban J connectivity index is 2.77. The molecule has 0 unspecified atom stereocenters. The van der Waals surface area contributed by atoms with Gasteiger partial charge in [0.1, 0.15) is 5.56 Å². The number of terminal acetylenes is 2. The van der Waals surface area contributed by atoms with Crippen LogP contribution in [0.4, 0.5) is 11.4 Å². The molecule has 0 aromatic heterocycles. The molecule has 2 rings (SSSR count). The number of nitrogen functional groups attached to an aromatic ring is 1. The molecule has 0 saturated carbocycles. The SMILES string of the molecule is C#Cc1ccccc1-c1cc([N+](=O)[O-])c(C#C)cc1N. The summed E-state index contributed by atoms with van der Waals surface area (Å²) in [6.07, 6.45) is 10.7. The Bertz CT molecular complexity index is 780. The molecule has 0 heterocycles. The van der Waals surface area contributed by atoms with Gasteiger partial charge in [0.25, 0.3) is 5.69 Å². The maximum atomic E-state index is 11.1. The van der Waals surface area contributed by atoms with E-state index in [4.69, 9.17) is 18.6 Å².